The maximum atomic E-state index is 10.4. The Morgan fingerprint density at radius 3 is 1.77 bits per heavy atom. The highest BCUT2D eigenvalue weighted by atomic mass is 32.2. The van der Waals surface area contributed by atoms with E-state index in [1.54, 1.807) is 12.1 Å². The Morgan fingerprint density at radius 2 is 1.38 bits per heavy atom. The number of quaternary nitrogens is 1. The van der Waals surface area contributed by atoms with E-state index in [-0.39, 0.29) is 4.90 Å². The van der Waals surface area contributed by atoms with Crippen LogP contribution in [0.4, 0.5) is 0 Å². The maximum Gasteiger partial charge on any atom is 0.124 e. The molecular formula is C20H37NO4S. The van der Waals surface area contributed by atoms with Gasteiger partial charge in [0.15, 0.2) is 0 Å². The molecule has 1 rings (SSSR count). The summed E-state index contributed by atoms with van der Waals surface area (Å²) in [4.78, 5) is -0.178. The predicted octanol–water partition coefficient (Wildman–Crippen LogP) is 3.70. The summed E-state index contributed by atoms with van der Waals surface area (Å²) < 4.78 is 32.4. The van der Waals surface area contributed by atoms with Crippen molar-refractivity contribution in [2.45, 2.75) is 64.2 Å². The molecule has 1 aromatic rings. The molecule has 0 aliphatic rings. The van der Waals surface area contributed by atoms with Gasteiger partial charge in [-0.2, -0.15) is 0 Å². The number of aryl methyl sites for hydroxylation is 1. The molecule has 0 unspecified atom stereocenters. The van der Waals surface area contributed by atoms with Gasteiger partial charge in [-0.3, -0.25) is 0 Å². The fourth-order valence-corrected chi connectivity index (χ4v) is 3.19. The van der Waals surface area contributed by atoms with Crippen molar-refractivity contribution >= 4 is 10.1 Å². The lowest BCUT2D eigenvalue weighted by molar-refractivity contribution is -0.910. The summed E-state index contributed by atoms with van der Waals surface area (Å²) in [5.74, 6) is 0. The first-order chi connectivity index (χ1) is 12.2. The van der Waals surface area contributed by atoms with Gasteiger partial charge in [0.2, 0.25) is 0 Å². The number of aliphatic hydroxyl groups excluding tert-OH is 1. The van der Waals surface area contributed by atoms with E-state index in [4.69, 9.17) is 5.11 Å². The monoisotopic (exact) mass is 387 g/mol. The number of nitrogens with zero attached hydrogens (tertiary/aromatic N) is 1. The van der Waals surface area contributed by atoms with Gasteiger partial charge in [0, 0.05) is 6.61 Å². The molecule has 0 aromatic heterocycles. The van der Waals surface area contributed by atoms with Crippen LogP contribution in [0.25, 0.3) is 0 Å². The molecule has 0 spiro atoms. The van der Waals surface area contributed by atoms with Crippen LogP contribution in [0.2, 0.25) is 0 Å². The first-order valence-electron chi connectivity index (χ1n) is 9.65. The molecule has 0 fully saturated rings. The highest BCUT2D eigenvalue weighted by molar-refractivity contribution is 7.85. The van der Waals surface area contributed by atoms with Crippen molar-refractivity contribution < 1.29 is 22.6 Å². The van der Waals surface area contributed by atoms with Crippen molar-refractivity contribution in [3.8, 4) is 0 Å². The molecule has 0 aliphatic heterocycles. The lowest BCUT2D eigenvalue weighted by Gasteiger charge is -2.34. The van der Waals surface area contributed by atoms with Crippen molar-refractivity contribution in [1.29, 1.82) is 0 Å². The Kier molecular flexibility index (Phi) is 12.8. The quantitative estimate of drug-likeness (QED) is 0.357. The van der Waals surface area contributed by atoms with Crippen LogP contribution < -0.4 is 0 Å². The molecule has 0 aliphatic carbocycles. The molecule has 26 heavy (non-hydrogen) atoms. The van der Waals surface area contributed by atoms with E-state index < -0.39 is 10.1 Å². The Bertz CT molecular complexity index is 562. The molecule has 0 atom stereocenters. The largest absolute Gasteiger partial charge is 0.744 e. The van der Waals surface area contributed by atoms with Gasteiger partial charge in [0.25, 0.3) is 0 Å². The van der Waals surface area contributed by atoms with Gasteiger partial charge in [-0.15, -0.1) is 0 Å². The number of unbranched alkanes of at least 4 members (excludes halogenated alkanes) is 3. The average molecular weight is 388 g/mol. The highest BCUT2D eigenvalue weighted by Crippen LogP contribution is 2.11. The van der Waals surface area contributed by atoms with Crippen molar-refractivity contribution in [1.82, 2.24) is 0 Å². The summed E-state index contributed by atoms with van der Waals surface area (Å²) in [6.07, 6.45) is 7.38. The van der Waals surface area contributed by atoms with Gasteiger partial charge in [0.05, 0.1) is 31.6 Å². The zero-order valence-corrected chi connectivity index (χ0v) is 17.7. The highest BCUT2D eigenvalue weighted by Gasteiger charge is 2.19. The Balaban J connectivity index is 0.000000502. The van der Waals surface area contributed by atoms with E-state index in [1.807, 2.05) is 6.92 Å². The van der Waals surface area contributed by atoms with Crippen LogP contribution in [-0.4, -0.2) is 55.8 Å². The van der Waals surface area contributed by atoms with Gasteiger partial charge in [-0.05, 0) is 44.7 Å². The summed E-state index contributed by atoms with van der Waals surface area (Å²) in [5.41, 5.74) is 0.928. The summed E-state index contributed by atoms with van der Waals surface area (Å²) in [5, 5.41) is 8.81. The Morgan fingerprint density at radius 1 is 0.923 bits per heavy atom. The maximum absolute atomic E-state index is 10.4. The second-order valence-corrected chi connectivity index (χ2v) is 8.57. The van der Waals surface area contributed by atoms with Gasteiger partial charge in [-0.25, -0.2) is 8.42 Å². The molecular weight excluding hydrogens is 350 g/mol. The molecule has 0 radical (unpaired) electrons. The molecule has 0 bridgehead atoms. The fraction of sp³-hybridized carbons (Fsp3) is 0.700. The zero-order chi connectivity index (χ0) is 20.1. The first kappa shape index (κ1) is 25.1. The van der Waals surface area contributed by atoms with Crippen LogP contribution in [0.3, 0.4) is 0 Å². The molecule has 0 amide bonds. The summed E-state index contributed by atoms with van der Waals surface area (Å²) in [6, 6.07) is 5.78. The predicted molar refractivity (Wildman–Crippen MR) is 106 cm³/mol. The molecule has 0 saturated carbocycles. The topological polar surface area (TPSA) is 77.4 Å². The van der Waals surface area contributed by atoms with Crippen LogP contribution in [0.15, 0.2) is 29.2 Å². The molecule has 152 valence electrons. The first-order valence-corrected chi connectivity index (χ1v) is 11.1. The molecule has 5 nitrogen and oxygen atoms in total. The summed E-state index contributed by atoms with van der Waals surface area (Å²) in [7, 11) is -1.89. The van der Waals surface area contributed by atoms with Crippen molar-refractivity contribution in [3.63, 3.8) is 0 Å². The molecule has 0 heterocycles. The average Bonchev–Trinajstić information content (AvgIpc) is 2.59. The molecule has 0 saturated heterocycles. The number of hydrogen-bond donors (Lipinski definition) is 1. The minimum absolute atomic E-state index is 0.178. The van der Waals surface area contributed by atoms with E-state index in [0.717, 1.165) is 12.0 Å². The number of hydrogen-bond acceptors (Lipinski definition) is 4. The normalized spacial score (nSPS) is 11.8. The summed E-state index contributed by atoms with van der Waals surface area (Å²) in [6.45, 7) is 10.5. The van der Waals surface area contributed by atoms with E-state index in [0.29, 0.717) is 6.61 Å². The van der Waals surface area contributed by atoms with E-state index >= 15 is 0 Å². The van der Waals surface area contributed by atoms with Crippen molar-refractivity contribution in [3.05, 3.63) is 29.8 Å². The lowest BCUT2D eigenvalue weighted by atomic mass is 10.2. The molecule has 1 aromatic carbocycles. The van der Waals surface area contributed by atoms with E-state index in [1.165, 1.54) is 68.4 Å². The van der Waals surface area contributed by atoms with Crippen LogP contribution in [0.1, 0.15) is 57.9 Å². The van der Waals surface area contributed by atoms with Crippen LogP contribution in [0.5, 0.6) is 0 Å². The van der Waals surface area contributed by atoms with Crippen LogP contribution in [-0.2, 0) is 10.1 Å². The minimum atomic E-state index is -4.27. The molecule has 1 N–H and O–H groups in total. The fourth-order valence-electron chi connectivity index (χ4n) is 2.73. The van der Waals surface area contributed by atoms with E-state index in [2.05, 4.69) is 20.9 Å². The molecule has 6 heteroatoms. The third-order valence-electron chi connectivity index (χ3n) is 4.52. The minimum Gasteiger partial charge on any atom is -0.744 e. The van der Waals surface area contributed by atoms with Crippen LogP contribution in [0, 0.1) is 6.92 Å². The third kappa shape index (κ3) is 11.6. The second kappa shape index (κ2) is 13.3. The van der Waals surface area contributed by atoms with Gasteiger partial charge in [0.1, 0.15) is 10.1 Å². The van der Waals surface area contributed by atoms with E-state index in [9.17, 15) is 13.0 Å². The third-order valence-corrected chi connectivity index (χ3v) is 5.37. The van der Waals surface area contributed by atoms with Gasteiger partial charge >= 0.3 is 0 Å². The van der Waals surface area contributed by atoms with Crippen molar-refractivity contribution in [2.24, 2.45) is 0 Å². The SMILES string of the molecule is CCCC[N+](C)(CCCC)CCCCO.Cc1ccc(S(=O)(=O)[O-])cc1. The van der Waals surface area contributed by atoms with Crippen molar-refractivity contribution in [2.75, 3.05) is 33.3 Å². The van der Waals surface area contributed by atoms with Gasteiger partial charge < -0.3 is 14.1 Å². The number of aliphatic hydroxyl groups is 1. The second-order valence-electron chi connectivity index (χ2n) is 7.20. The smallest absolute Gasteiger partial charge is 0.124 e. The number of benzene rings is 1. The van der Waals surface area contributed by atoms with Gasteiger partial charge in [-0.1, -0.05) is 44.4 Å². The zero-order valence-electron chi connectivity index (χ0n) is 16.9. The summed E-state index contributed by atoms with van der Waals surface area (Å²) >= 11 is 0. The van der Waals surface area contributed by atoms with Crippen LogP contribution >= 0.6 is 0 Å². The Hall–Kier alpha value is -0.950. The number of rotatable bonds is 11. The Labute approximate surface area is 160 Å². The standard InChI is InChI=1S/C13H30NO.C7H8O3S/c1-4-6-10-14(3,11-7-5-2)12-8-9-13-15;1-6-2-4-7(5-3-6)11(8,9)10/h15H,4-13H2,1-3H3;2-5H,1H3,(H,8,9,10)/q+1;/p-1. The lowest BCUT2D eigenvalue weighted by Crippen LogP contribution is -2.46.